The number of carbonyl (C=O) groups excluding carboxylic acids is 3. The number of carbonyl (C=O) groups is 4. The van der Waals surface area contributed by atoms with Crippen LogP contribution in [0.3, 0.4) is 0 Å². The molecule has 0 aromatic heterocycles. The van der Waals surface area contributed by atoms with Crippen molar-refractivity contribution in [3.63, 3.8) is 0 Å². The fourth-order valence-electron chi connectivity index (χ4n) is 1.05. The molecule has 0 bridgehead atoms. The summed E-state index contributed by atoms with van der Waals surface area (Å²) >= 11 is 0. The number of urea groups is 1. The molecule has 0 radical (unpaired) electrons. The molecular formula is C9H16N4O5. The van der Waals surface area contributed by atoms with Gasteiger partial charge in [0.25, 0.3) is 0 Å². The summed E-state index contributed by atoms with van der Waals surface area (Å²) in [5.74, 6) is -2.52. The fourth-order valence-corrected chi connectivity index (χ4v) is 1.05. The Morgan fingerprint density at radius 2 is 1.61 bits per heavy atom. The van der Waals surface area contributed by atoms with Crippen molar-refractivity contribution in [2.45, 2.75) is 25.3 Å². The second kappa shape index (κ2) is 7.87. The normalized spacial score (nSPS) is 11.3. The Balaban J connectivity index is 4.07. The second-order valence-corrected chi connectivity index (χ2v) is 3.51. The van der Waals surface area contributed by atoms with Gasteiger partial charge >= 0.3 is 12.0 Å². The van der Waals surface area contributed by atoms with Gasteiger partial charge in [-0.15, -0.1) is 0 Å². The first-order valence-corrected chi connectivity index (χ1v) is 5.16. The Kier molecular flexibility index (Phi) is 6.86. The van der Waals surface area contributed by atoms with Gasteiger partial charge in [-0.25, -0.2) is 9.59 Å². The molecule has 102 valence electrons. The summed E-state index contributed by atoms with van der Waals surface area (Å²) in [4.78, 5) is 42.9. The predicted molar refractivity (Wildman–Crippen MR) is 60.2 cm³/mol. The van der Waals surface area contributed by atoms with Gasteiger partial charge in [-0.1, -0.05) is 0 Å². The molecule has 0 saturated heterocycles. The van der Waals surface area contributed by atoms with E-state index in [0.717, 1.165) is 0 Å². The highest BCUT2D eigenvalue weighted by Gasteiger charge is 2.20. The number of rotatable bonds is 8. The highest BCUT2D eigenvalue weighted by Crippen LogP contribution is 1.97. The number of amides is 4. The molecule has 0 aromatic rings. The van der Waals surface area contributed by atoms with E-state index in [1.807, 2.05) is 0 Å². The minimum absolute atomic E-state index is 0.00330. The summed E-state index contributed by atoms with van der Waals surface area (Å²) in [5.41, 5.74) is 9.73. The summed E-state index contributed by atoms with van der Waals surface area (Å²) in [5, 5.41) is 13.2. The Labute approximate surface area is 103 Å². The van der Waals surface area contributed by atoms with Crippen LogP contribution in [0.15, 0.2) is 0 Å². The van der Waals surface area contributed by atoms with Crippen LogP contribution in [0.25, 0.3) is 0 Å². The molecular weight excluding hydrogens is 244 g/mol. The molecule has 0 unspecified atom stereocenters. The Hall–Kier alpha value is -2.32. The molecule has 4 amide bonds. The number of aliphatic carboxylic acids is 1. The summed E-state index contributed by atoms with van der Waals surface area (Å²) in [6, 6.07) is -1.97. The first kappa shape index (κ1) is 15.7. The van der Waals surface area contributed by atoms with E-state index in [1.54, 1.807) is 0 Å². The van der Waals surface area contributed by atoms with E-state index in [1.165, 1.54) is 0 Å². The maximum atomic E-state index is 11.2. The SMILES string of the molecule is NC(=O)CCNC(=O)N[C@@H](CCC(N)=O)C(=O)O. The van der Waals surface area contributed by atoms with Gasteiger partial charge in [0.15, 0.2) is 0 Å². The molecule has 0 aromatic carbocycles. The maximum Gasteiger partial charge on any atom is 0.326 e. The van der Waals surface area contributed by atoms with Gasteiger partial charge in [0.2, 0.25) is 11.8 Å². The number of carboxylic acid groups (broad SMARTS) is 1. The number of primary amides is 2. The van der Waals surface area contributed by atoms with E-state index >= 15 is 0 Å². The lowest BCUT2D eigenvalue weighted by Gasteiger charge is -2.14. The van der Waals surface area contributed by atoms with Crippen molar-refractivity contribution in [3.8, 4) is 0 Å². The minimum atomic E-state index is -1.28. The van der Waals surface area contributed by atoms with Gasteiger partial charge in [0, 0.05) is 19.4 Å². The predicted octanol–water partition coefficient (Wildman–Crippen LogP) is -2.12. The van der Waals surface area contributed by atoms with Gasteiger partial charge in [0.05, 0.1) is 0 Å². The highest BCUT2D eigenvalue weighted by atomic mass is 16.4. The first-order chi connectivity index (χ1) is 8.32. The van der Waals surface area contributed by atoms with Crippen molar-refractivity contribution in [2.75, 3.05) is 6.54 Å². The molecule has 9 nitrogen and oxygen atoms in total. The van der Waals surface area contributed by atoms with Crippen LogP contribution in [0.4, 0.5) is 4.79 Å². The number of hydrogen-bond acceptors (Lipinski definition) is 4. The van der Waals surface area contributed by atoms with E-state index in [4.69, 9.17) is 16.6 Å². The number of carboxylic acids is 1. The van der Waals surface area contributed by atoms with Crippen molar-refractivity contribution in [3.05, 3.63) is 0 Å². The monoisotopic (exact) mass is 260 g/mol. The van der Waals surface area contributed by atoms with Crippen LogP contribution in [-0.2, 0) is 14.4 Å². The van der Waals surface area contributed by atoms with Crippen molar-refractivity contribution >= 4 is 23.8 Å². The zero-order valence-corrected chi connectivity index (χ0v) is 9.64. The fraction of sp³-hybridized carbons (Fsp3) is 0.556. The smallest absolute Gasteiger partial charge is 0.326 e. The van der Waals surface area contributed by atoms with E-state index in [9.17, 15) is 19.2 Å². The third-order valence-corrected chi connectivity index (χ3v) is 1.94. The zero-order chi connectivity index (χ0) is 14.1. The molecule has 18 heavy (non-hydrogen) atoms. The minimum Gasteiger partial charge on any atom is -0.480 e. The lowest BCUT2D eigenvalue weighted by atomic mass is 10.1. The molecule has 7 N–H and O–H groups in total. The maximum absolute atomic E-state index is 11.2. The van der Waals surface area contributed by atoms with Crippen LogP contribution >= 0.6 is 0 Å². The quantitative estimate of drug-likeness (QED) is 0.336. The van der Waals surface area contributed by atoms with Crippen LogP contribution in [0.2, 0.25) is 0 Å². The van der Waals surface area contributed by atoms with Gasteiger partial charge in [-0.2, -0.15) is 0 Å². The van der Waals surface area contributed by atoms with E-state index in [0.29, 0.717) is 0 Å². The van der Waals surface area contributed by atoms with E-state index < -0.39 is 29.9 Å². The summed E-state index contributed by atoms with van der Waals surface area (Å²) in [6.45, 7) is 0.00330. The largest absolute Gasteiger partial charge is 0.480 e. The average molecular weight is 260 g/mol. The Morgan fingerprint density at radius 1 is 1.06 bits per heavy atom. The zero-order valence-electron chi connectivity index (χ0n) is 9.64. The highest BCUT2D eigenvalue weighted by molar-refractivity contribution is 5.83. The lowest BCUT2D eigenvalue weighted by Crippen LogP contribution is -2.46. The van der Waals surface area contributed by atoms with Crippen LogP contribution < -0.4 is 22.1 Å². The number of hydrogen-bond donors (Lipinski definition) is 5. The third kappa shape index (κ3) is 7.91. The van der Waals surface area contributed by atoms with Crippen molar-refractivity contribution < 1.29 is 24.3 Å². The summed E-state index contributed by atoms with van der Waals surface area (Å²) < 4.78 is 0. The first-order valence-electron chi connectivity index (χ1n) is 5.16. The third-order valence-electron chi connectivity index (χ3n) is 1.94. The number of nitrogens with one attached hydrogen (secondary N) is 2. The van der Waals surface area contributed by atoms with Crippen LogP contribution in [-0.4, -0.2) is 41.5 Å². The summed E-state index contributed by atoms with van der Waals surface area (Å²) in [6.07, 6.45) is -0.307. The molecule has 0 aliphatic heterocycles. The Bertz CT molecular complexity index is 344. The summed E-state index contributed by atoms with van der Waals surface area (Å²) in [7, 11) is 0. The van der Waals surface area contributed by atoms with Crippen molar-refractivity contribution in [1.29, 1.82) is 0 Å². The number of nitrogens with two attached hydrogens (primary N) is 2. The molecule has 0 aliphatic carbocycles. The van der Waals surface area contributed by atoms with Crippen LogP contribution in [0.1, 0.15) is 19.3 Å². The van der Waals surface area contributed by atoms with E-state index in [-0.39, 0.29) is 25.8 Å². The molecule has 0 saturated carbocycles. The molecule has 0 heterocycles. The molecule has 0 spiro atoms. The van der Waals surface area contributed by atoms with E-state index in [2.05, 4.69) is 10.6 Å². The van der Waals surface area contributed by atoms with Gasteiger partial charge in [-0.3, -0.25) is 9.59 Å². The molecule has 1 atom stereocenters. The average Bonchev–Trinajstić information content (AvgIpc) is 2.22. The van der Waals surface area contributed by atoms with Crippen LogP contribution in [0, 0.1) is 0 Å². The molecule has 0 aliphatic rings. The van der Waals surface area contributed by atoms with Crippen LogP contribution in [0.5, 0.6) is 0 Å². The second-order valence-electron chi connectivity index (χ2n) is 3.51. The topological polar surface area (TPSA) is 165 Å². The molecule has 0 rings (SSSR count). The Morgan fingerprint density at radius 3 is 2.06 bits per heavy atom. The molecule has 0 fully saturated rings. The van der Waals surface area contributed by atoms with Gasteiger partial charge in [0.1, 0.15) is 6.04 Å². The lowest BCUT2D eigenvalue weighted by molar-refractivity contribution is -0.139. The molecule has 9 heteroatoms. The standard InChI is InChI=1S/C9H16N4O5/c10-6(14)2-1-5(8(16)17)13-9(18)12-4-3-7(11)15/h5H,1-4H2,(H2,10,14)(H2,11,15)(H,16,17)(H2,12,13,18)/t5-/m0/s1. The van der Waals surface area contributed by atoms with Crippen molar-refractivity contribution in [2.24, 2.45) is 11.5 Å². The van der Waals surface area contributed by atoms with Gasteiger partial charge < -0.3 is 27.2 Å². The van der Waals surface area contributed by atoms with Gasteiger partial charge in [-0.05, 0) is 6.42 Å². The van der Waals surface area contributed by atoms with Crippen molar-refractivity contribution in [1.82, 2.24) is 10.6 Å².